The summed E-state index contributed by atoms with van der Waals surface area (Å²) in [5, 5.41) is 2.54. The summed E-state index contributed by atoms with van der Waals surface area (Å²) in [7, 11) is 0. The maximum atomic E-state index is 12.7. The van der Waals surface area contributed by atoms with Gasteiger partial charge in [-0.15, -0.1) is 0 Å². The molecule has 0 atom stereocenters. The van der Waals surface area contributed by atoms with Gasteiger partial charge in [0, 0.05) is 0 Å². The first-order valence-electron chi connectivity index (χ1n) is 7.35. The summed E-state index contributed by atoms with van der Waals surface area (Å²) in [4.78, 5) is 49.2. The fourth-order valence-electron chi connectivity index (χ4n) is 2.62. The van der Waals surface area contributed by atoms with Crippen LogP contribution in [0.5, 0.6) is 0 Å². The van der Waals surface area contributed by atoms with Gasteiger partial charge in [0.05, 0.1) is 28.9 Å². The molecule has 120 valence electrons. The lowest BCUT2D eigenvalue weighted by Crippen LogP contribution is -2.29. The second-order valence-corrected chi connectivity index (χ2v) is 5.44. The summed E-state index contributed by atoms with van der Waals surface area (Å²) < 4.78 is 0. The number of nitrogens with zero attached hydrogens (tertiary/aromatic N) is 1. The maximum absolute atomic E-state index is 12.7. The smallest absolute Gasteiger partial charge is 0.268 e. The van der Waals surface area contributed by atoms with Gasteiger partial charge in [-0.25, -0.2) is 4.90 Å². The molecule has 0 unspecified atom stereocenters. The molecule has 1 heterocycles. The first-order valence-corrected chi connectivity index (χ1v) is 7.35. The van der Waals surface area contributed by atoms with Crippen molar-refractivity contribution in [1.82, 2.24) is 0 Å². The molecule has 2 aromatic rings. The van der Waals surface area contributed by atoms with Gasteiger partial charge in [0.1, 0.15) is 5.78 Å². The minimum Gasteiger partial charge on any atom is -0.325 e. The Hall–Kier alpha value is -3.28. The van der Waals surface area contributed by atoms with E-state index >= 15 is 0 Å². The van der Waals surface area contributed by atoms with E-state index in [0.717, 1.165) is 4.90 Å². The number of amides is 3. The predicted octanol–water partition coefficient (Wildman–Crippen LogP) is 2.40. The van der Waals surface area contributed by atoms with Crippen molar-refractivity contribution >= 4 is 34.9 Å². The van der Waals surface area contributed by atoms with Gasteiger partial charge in [0.25, 0.3) is 11.8 Å². The van der Waals surface area contributed by atoms with Crippen molar-refractivity contribution in [2.75, 3.05) is 10.2 Å². The summed E-state index contributed by atoms with van der Waals surface area (Å²) in [6.45, 7) is 1.31. The van der Waals surface area contributed by atoms with E-state index in [2.05, 4.69) is 5.32 Å². The molecule has 1 aliphatic heterocycles. The minimum atomic E-state index is -0.519. The molecule has 0 radical (unpaired) electrons. The number of hydrogen-bond donors (Lipinski definition) is 1. The van der Waals surface area contributed by atoms with Crippen LogP contribution in [0.15, 0.2) is 48.5 Å². The number of para-hydroxylation sites is 1. The number of carbonyl (C=O) groups is 4. The lowest BCUT2D eigenvalue weighted by molar-refractivity contribution is -0.124. The Balaban J connectivity index is 1.98. The Kier molecular flexibility index (Phi) is 3.95. The van der Waals surface area contributed by atoms with Crippen molar-refractivity contribution in [3.63, 3.8) is 0 Å². The van der Waals surface area contributed by atoms with Gasteiger partial charge in [-0.05, 0) is 31.2 Å². The molecule has 0 spiro atoms. The predicted molar refractivity (Wildman–Crippen MR) is 88.0 cm³/mol. The van der Waals surface area contributed by atoms with Crippen LogP contribution in [-0.2, 0) is 9.59 Å². The maximum Gasteiger partial charge on any atom is 0.268 e. The average Bonchev–Trinajstić information content (AvgIpc) is 2.80. The molecule has 0 saturated heterocycles. The highest BCUT2D eigenvalue weighted by Crippen LogP contribution is 2.32. The molecule has 1 N–H and O–H groups in total. The van der Waals surface area contributed by atoms with E-state index < -0.39 is 17.7 Å². The number of anilines is 2. The zero-order valence-electron chi connectivity index (χ0n) is 12.9. The Bertz CT molecular complexity index is 859. The van der Waals surface area contributed by atoms with E-state index in [-0.39, 0.29) is 29.0 Å². The van der Waals surface area contributed by atoms with E-state index in [0.29, 0.717) is 5.69 Å². The van der Waals surface area contributed by atoms with Gasteiger partial charge in [-0.1, -0.05) is 24.3 Å². The Morgan fingerprint density at radius 3 is 2.33 bits per heavy atom. The summed E-state index contributed by atoms with van der Waals surface area (Å²) in [5.74, 6) is -1.74. The molecule has 24 heavy (non-hydrogen) atoms. The zero-order valence-corrected chi connectivity index (χ0v) is 12.9. The number of nitrogens with one attached hydrogen (secondary N) is 1. The molecule has 6 nitrogen and oxygen atoms in total. The number of hydrogen-bond acceptors (Lipinski definition) is 4. The van der Waals surface area contributed by atoms with E-state index in [9.17, 15) is 19.2 Å². The van der Waals surface area contributed by atoms with Crippen LogP contribution in [0.25, 0.3) is 0 Å². The average molecular weight is 322 g/mol. The molecule has 0 aromatic heterocycles. The quantitative estimate of drug-likeness (QED) is 0.692. The topological polar surface area (TPSA) is 83.6 Å². The molecule has 0 saturated carbocycles. The molecule has 3 amide bonds. The second kappa shape index (κ2) is 6.08. The number of fused-ring (bicyclic) bond motifs is 1. The van der Waals surface area contributed by atoms with Gasteiger partial charge in [0.15, 0.2) is 0 Å². The van der Waals surface area contributed by atoms with E-state index in [4.69, 9.17) is 0 Å². The van der Waals surface area contributed by atoms with Gasteiger partial charge >= 0.3 is 0 Å². The van der Waals surface area contributed by atoms with Gasteiger partial charge in [-0.2, -0.15) is 0 Å². The number of carbonyl (C=O) groups excluding carboxylic acids is 4. The van der Waals surface area contributed by atoms with Crippen molar-refractivity contribution in [2.45, 2.75) is 13.3 Å². The van der Waals surface area contributed by atoms with Gasteiger partial charge < -0.3 is 5.32 Å². The third kappa shape index (κ3) is 2.69. The van der Waals surface area contributed by atoms with Crippen LogP contribution in [0.3, 0.4) is 0 Å². The minimum absolute atomic E-state index is 0.142. The van der Waals surface area contributed by atoms with Crippen LogP contribution >= 0.6 is 0 Å². The Labute approximate surface area is 138 Å². The second-order valence-electron chi connectivity index (χ2n) is 5.44. The molecule has 0 bridgehead atoms. The summed E-state index contributed by atoms with van der Waals surface area (Å²) >= 11 is 0. The Morgan fingerprint density at radius 2 is 1.67 bits per heavy atom. The molecule has 6 heteroatoms. The highest BCUT2D eigenvalue weighted by atomic mass is 16.2. The van der Waals surface area contributed by atoms with Crippen molar-refractivity contribution in [1.29, 1.82) is 0 Å². The molecule has 3 rings (SSSR count). The van der Waals surface area contributed by atoms with Gasteiger partial charge in [-0.3, -0.25) is 19.2 Å². The van der Waals surface area contributed by atoms with E-state index in [1.165, 1.54) is 13.0 Å². The van der Waals surface area contributed by atoms with Crippen LogP contribution < -0.4 is 10.2 Å². The number of Topliss-reactive ketones (excluding diaryl/α,β-unsaturated/α-hetero) is 1. The normalized spacial score (nSPS) is 13.0. The molecule has 0 aliphatic carbocycles. The van der Waals surface area contributed by atoms with Crippen molar-refractivity contribution in [2.24, 2.45) is 0 Å². The molecular weight excluding hydrogens is 308 g/mol. The van der Waals surface area contributed by atoms with Crippen LogP contribution in [-0.4, -0.2) is 23.5 Å². The lowest BCUT2D eigenvalue weighted by atomic mass is 10.1. The van der Waals surface area contributed by atoms with Crippen molar-refractivity contribution in [3.05, 3.63) is 59.7 Å². The third-order valence-electron chi connectivity index (χ3n) is 3.61. The lowest BCUT2D eigenvalue weighted by Gasteiger charge is -2.13. The van der Waals surface area contributed by atoms with Crippen LogP contribution in [0.2, 0.25) is 0 Å². The highest BCUT2D eigenvalue weighted by Gasteiger charge is 2.38. The number of imide groups is 1. The SMILES string of the molecule is CC(=O)CC(=O)Nc1cccc2c1C(=O)N(c1ccccc1)C2=O. The van der Waals surface area contributed by atoms with Crippen LogP contribution in [0.4, 0.5) is 11.4 Å². The number of ketones is 1. The first-order chi connectivity index (χ1) is 11.5. The van der Waals surface area contributed by atoms with Crippen molar-refractivity contribution in [3.8, 4) is 0 Å². The molecule has 2 aromatic carbocycles. The van der Waals surface area contributed by atoms with Crippen LogP contribution in [0.1, 0.15) is 34.1 Å². The fourth-order valence-corrected chi connectivity index (χ4v) is 2.62. The number of rotatable bonds is 4. The summed E-state index contributed by atoms with van der Waals surface area (Å²) in [6, 6.07) is 13.2. The molecule has 1 aliphatic rings. The number of benzene rings is 2. The summed E-state index contributed by atoms with van der Waals surface area (Å²) in [6.07, 6.45) is -0.284. The van der Waals surface area contributed by atoms with Gasteiger partial charge in [0.2, 0.25) is 5.91 Å². The van der Waals surface area contributed by atoms with E-state index in [1.54, 1.807) is 42.5 Å². The fraction of sp³-hybridized carbons (Fsp3) is 0.111. The first kappa shape index (κ1) is 15.6. The summed E-state index contributed by atoms with van der Waals surface area (Å²) in [5.41, 5.74) is 1.06. The Morgan fingerprint density at radius 1 is 0.958 bits per heavy atom. The highest BCUT2D eigenvalue weighted by molar-refractivity contribution is 6.36. The van der Waals surface area contributed by atoms with Crippen molar-refractivity contribution < 1.29 is 19.2 Å². The van der Waals surface area contributed by atoms with E-state index in [1.807, 2.05) is 0 Å². The zero-order chi connectivity index (χ0) is 17.3. The monoisotopic (exact) mass is 322 g/mol. The third-order valence-corrected chi connectivity index (χ3v) is 3.61. The largest absolute Gasteiger partial charge is 0.325 e. The molecular formula is C18H14N2O4. The molecule has 0 fully saturated rings. The van der Waals surface area contributed by atoms with Crippen LogP contribution in [0, 0.1) is 0 Å². The standard InChI is InChI=1S/C18H14N2O4/c1-11(21)10-15(22)19-14-9-5-8-13-16(14)18(24)20(17(13)23)12-6-3-2-4-7-12/h2-9H,10H2,1H3,(H,19,22).